The summed E-state index contributed by atoms with van der Waals surface area (Å²) < 4.78 is 0. The van der Waals surface area contributed by atoms with Gasteiger partial charge in [-0.15, -0.1) is 18.2 Å². The van der Waals surface area contributed by atoms with Crippen LogP contribution in [-0.2, 0) is 44.7 Å². The topological polar surface area (TPSA) is 46.0 Å². The second kappa shape index (κ2) is 17.0. The molecule has 0 spiro atoms. The zero-order valence-electron chi connectivity index (χ0n) is 35.4. The van der Waals surface area contributed by atoms with Crippen LogP contribution in [0.25, 0.3) is 56.0 Å². The number of phenolic OH excluding ortho intramolecular Hbond substituents is 1. The van der Waals surface area contributed by atoms with E-state index in [-0.39, 0.29) is 37.3 Å². The molecule has 298 valence electrons. The van der Waals surface area contributed by atoms with Crippen LogP contribution < -0.4 is 0 Å². The Morgan fingerprint density at radius 3 is 1.72 bits per heavy atom. The Bertz CT molecular complexity index is 2500. The van der Waals surface area contributed by atoms with E-state index < -0.39 is 0 Å². The van der Waals surface area contributed by atoms with E-state index in [1.165, 1.54) is 16.7 Å². The Morgan fingerprint density at radius 2 is 1.10 bits per heavy atom. The van der Waals surface area contributed by atoms with Crippen LogP contribution in [0, 0.1) is 11.5 Å². The summed E-state index contributed by atoms with van der Waals surface area (Å²) in [4.78, 5) is 10.3. The number of aromatic nitrogens is 2. The molecular weight excluding hydrogens is 888 g/mol. The Hall–Kier alpha value is -5.11. The third-order valence-corrected chi connectivity index (χ3v) is 10.5. The summed E-state index contributed by atoms with van der Waals surface area (Å²) in [5.74, 6) is 0.290. The fourth-order valence-corrected chi connectivity index (χ4v) is 7.46. The third kappa shape index (κ3) is 10.1. The smallest absolute Gasteiger partial charge is 0.128 e. The Kier molecular flexibility index (Phi) is 12.5. The zero-order chi connectivity index (χ0) is 40.5. The van der Waals surface area contributed by atoms with Crippen LogP contribution in [0.1, 0.15) is 90.1 Å². The van der Waals surface area contributed by atoms with Gasteiger partial charge >= 0.3 is 0 Å². The SMILES string of the molecule is CC(C)(C)Cc1cc(-c2[c-]c(-c3cc(-c4ccc(Cc5ccccc5)cc4)ccn3)cc(-c3ccccc3)c2)nc(-c2cc(C(C)(C)C)cc(C(C)(C)C)c2O)c1.[Pt]. The van der Waals surface area contributed by atoms with Gasteiger partial charge in [0, 0.05) is 49.8 Å². The molecule has 1 N–H and O–H groups in total. The Morgan fingerprint density at radius 1 is 0.517 bits per heavy atom. The van der Waals surface area contributed by atoms with Gasteiger partial charge in [0.05, 0.1) is 5.69 Å². The average Bonchev–Trinajstić information content (AvgIpc) is 3.17. The monoisotopic (exact) mass is 942 g/mol. The molecule has 0 saturated carbocycles. The van der Waals surface area contributed by atoms with E-state index in [0.717, 1.165) is 80.0 Å². The largest absolute Gasteiger partial charge is 0.507 e. The second-order valence-corrected chi connectivity index (χ2v) is 18.8. The summed E-state index contributed by atoms with van der Waals surface area (Å²) in [6.45, 7) is 19.9. The maximum Gasteiger partial charge on any atom is 0.128 e. The molecule has 7 rings (SSSR count). The molecule has 0 saturated heterocycles. The number of pyridine rings is 2. The Labute approximate surface area is 361 Å². The quantitative estimate of drug-likeness (QED) is 0.154. The number of aromatic hydroxyl groups is 1. The van der Waals surface area contributed by atoms with Gasteiger partial charge in [0.15, 0.2) is 0 Å². The molecule has 0 amide bonds. The maximum absolute atomic E-state index is 12.0. The molecule has 0 aliphatic carbocycles. The van der Waals surface area contributed by atoms with E-state index in [4.69, 9.17) is 9.97 Å². The fourth-order valence-electron chi connectivity index (χ4n) is 7.46. The van der Waals surface area contributed by atoms with Crippen molar-refractivity contribution in [3.8, 4) is 61.8 Å². The third-order valence-electron chi connectivity index (χ3n) is 10.5. The first kappa shape index (κ1) is 42.5. The fraction of sp³-hybridized carbons (Fsp3) is 0.259. The van der Waals surface area contributed by atoms with Crippen molar-refractivity contribution in [2.24, 2.45) is 5.41 Å². The first-order valence-corrected chi connectivity index (χ1v) is 20.1. The van der Waals surface area contributed by atoms with Crippen LogP contribution in [0.2, 0.25) is 0 Å². The van der Waals surface area contributed by atoms with Gasteiger partial charge in [-0.3, -0.25) is 9.97 Å². The number of hydrogen-bond acceptors (Lipinski definition) is 3. The average molecular weight is 943 g/mol. The van der Waals surface area contributed by atoms with Gasteiger partial charge in [-0.05, 0) is 80.7 Å². The van der Waals surface area contributed by atoms with Crippen LogP contribution >= 0.6 is 0 Å². The number of rotatable bonds is 8. The van der Waals surface area contributed by atoms with E-state index in [2.05, 4.69) is 196 Å². The molecular formula is C54H55N2OPt-. The van der Waals surface area contributed by atoms with Crippen LogP contribution in [0.5, 0.6) is 5.75 Å². The summed E-state index contributed by atoms with van der Waals surface area (Å²) in [5, 5.41) is 12.0. The van der Waals surface area contributed by atoms with Crippen molar-refractivity contribution in [2.45, 2.75) is 86.0 Å². The minimum atomic E-state index is -0.260. The summed E-state index contributed by atoms with van der Waals surface area (Å²) >= 11 is 0. The van der Waals surface area contributed by atoms with Gasteiger partial charge in [0.25, 0.3) is 0 Å². The molecule has 7 aromatic rings. The first-order chi connectivity index (χ1) is 27.0. The van der Waals surface area contributed by atoms with Gasteiger partial charge < -0.3 is 5.11 Å². The van der Waals surface area contributed by atoms with E-state index >= 15 is 0 Å². The molecule has 0 aliphatic heterocycles. The predicted octanol–water partition coefficient (Wildman–Crippen LogP) is 14.1. The summed E-state index contributed by atoms with van der Waals surface area (Å²) in [5.41, 5.74) is 14.9. The summed E-state index contributed by atoms with van der Waals surface area (Å²) in [6.07, 6.45) is 3.64. The molecule has 0 unspecified atom stereocenters. The van der Waals surface area contributed by atoms with E-state index in [0.29, 0.717) is 5.75 Å². The summed E-state index contributed by atoms with van der Waals surface area (Å²) in [6, 6.07) is 51.0. The molecule has 58 heavy (non-hydrogen) atoms. The van der Waals surface area contributed by atoms with Gasteiger partial charge in [-0.2, -0.15) is 0 Å². The molecule has 0 atom stereocenters. The second-order valence-electron chi connectivity index (χ2n) is 18.8. The van der Waals surface area contributed by atoms with Crippen molar-refractivity contribution in [3.05, 3.63) is 174 Å². The van der Waals surface area contributed by atoms with Gasteiger partial charge in [-0.1, -0.05) is 188 Å². The standard InChI is InChI=1S/C54H55N2O.Pt/c1-52(2,3)35-38-27-49(56-50(28-38)46-33-45(53(4,5)6)34-47(51(46)57)54(7,8)9)44-30-42(39-18-14-11-15-19-39)29-43(31-44)48-32-41(24-25-55-48)40-22-20-37(21-23-40)26-36-16-12-10-13-17-36;/h10-25,27-30,32-34,57H,26,35H2,1-9H3;/q-1;. The minimum absolute atomic E-state index is 0. The van der Waals surface area contributed by atoms with Crippen molar-refractivity contribution in [2.75, 3.05) is 0 Å². The van der Waals surface area contributed by atoms with Crippen molar-refractivity contribution in [3.63, 3.8) is 0 Å². The number of nitrogens with zero attached hydrogens (tertiary/aromatic N) is 2. The van der Waals surface area contributed by atoms with Gasteiger partial charge in [0.2, 0.25) is 0 Å². The molecule has 0 bridgehead atoms. The number of benzene rings is 5. The zero-order valence-corrected chi connectivity index (χ0v) is 37.6. The molecule has 0 aliphatic rings. The maximum atomic E-state index is 12.0. The van der Waals surface area contributed by atoms with Crippen molar-refractivity contribution in [1.82, 2.24) is 9.97 Å². The van der Waals surface area contributed by atoms with Gasteiger partial charge in [-0.25, -0.2) is 0 Å². The molecule has 5 aromatic carbocycles. The normalized spacial score (nSPS) is 11.9. The van der Waals surface area contributed by atoms with E-state index in [1.54, 1.807) is 0 Å². The van der Waals surface area contributed by atoms with Crippen molar-refractivity contribution < 1.29 is 26.2 Å². The minimum Gasteiger partial charge on any atom is -0.507 e. The van der Waals surface area contributed by atoms with Crippen molar-refractivity contribution in [1.29, 1.82) is 0 Å². The summed E-state index contributed by atoms with van der Waals surface area (Å²) in [7, 11) is 0. The van der Waals surface area contributed by atoms with E-state index in [9.17, 15) is 5.11 Å². The van der Waals surface area contributed by atoms with Crippen LogP contribution in [0.3, 0.4) is 0 Å². The predicted molar refractivity (Wildman–Crippen MR) is 240 cm³/mol. The molecule has 3 nitrogen and oxygen atoms in total. The van der Waals surface area contributed by atoms with Crippen LogP contribution in [0.15, 0.2) is 140 Å². The number of hydrogen-bond donors (Lipinski definition) is 1. The van der Waals surface area contributed by atoms with Crippen LogP contribution in [0.4, 0.5) is 0 Å². The van der Waals surface area contributed by atoms with Crippen LogP contribution in [-0.4, -0.2) is 15.1 Å². The molecule has 0 fully saturated rings. The molecule has 2 aromatic heterocycles. The van der Waals surface area contributed by atoms with Gasteiger partial charge in [0.1, 0.15) is 5.75 Å². The molecule has 4 heteroatoms. The first-order valence-electron chi connectivity index (χ1n) is 20.1. The van der Waals surface area contributed by atoms with E-state index in [1.807, 2.05) is 12.3 Å². The molecule has 0 radical (unpaired) electrons. The Balaban J connectivity index is 0.00000567. The van der Waals surface area contributed by atoms with Crippen molar-refractivity contribution >= 4 is 0 Å². The number of phenols is 1. The molecule has 2 heterocycles.